The maximum atomic E-state index is 13.6. The summed E-state index contributed by atoms with van der Waals surface area (Å²) in [5.74, 6) is -0.581. The lowest BCUT2D eigenvalue weighted by molar-refractivity contribution is -0.149. The third-order valence-corrected chi connectivity index (χ3v) is 4.83. The van der Waals surface area contributed by atoms with E-state index < -0.39 is 5.82 Å². The first-order valence-corrected chi connectivity index (χ1v) is 9.17. The number of morpholine rings is 1. The van der Waals surface area contributed by atoms with Crippen molar-refractivity contribution in [1.82, 2.24) is 10.2 Å². The lowest BCUT2D eigenvalue weighted by Gasteiger charge is -2.33. The van der Waals surface area contributed by atoms with Crippen LogP contribution in [-0.2, 0) is 16.1 Å². The number of rotatable bonds is 7. The van der Waals surface area contributed by atoms with Gasteiger partial charge in [0.1, 0.15) is 12.4 Å². The molecule has 1 heterocycles. The minimum absolute atomic E-state index is 0.0201. The Morgan fingerprint density at radius 3 is 2.71 bits per heavy atom. The fourth-order valence-electron chi connectivity index (χ4n) is 3.14. The molecule has 28 heavy (non-hydrogen) atoms. The lowest BCUT2D eigenvalue weighted by Crippen LogP contribution is -2.49. The van der Waals surface area contributed by atoms with Crippen molar-refractivity contribution in [2.75, 3.05) is 26.8 Å². The molecule has 0 radical (unpaired) electrons. The SMILES string of the molecule is COc1cc([C@@H](C)NCC2CN(Cc3ccc(F)cc3)C(=O)CO2)ccc1F. The highest BCUT2D eigenvalue weighted by atomic mass is 19.1. The van der Waals surface area contributed by atoms with E-state index in [4.69, 9.17) is 9.47 Å². The van der Waals surface area contributed by atoms with Crippen LogP contribution >= 0.6 is 0 Å². The molecule has 1 fully saturated rings. The second-order valence-corrected chi connectivity index (χ2v) is 6.86. The van der Waals surface area contributed by atoms with E-state index in [-0.39, 0.29) is 36.2 Å². The van der Waals surface area contributed by atoms with Crippen molar-refractivity contribution in [1.29, 1.82) is 0 Å². The molecule has 0 bridgehead atoms. The van der Waals surface area contributed by atoms with Gasteiger partial charge in [-0.05, 0) is 42.3 Å². The van der Waals surface area contributed by atoms with Crippen LogP contribution in [-0.4, -0.2) is 43.7 Å². The summed E-state index contributed by atoms with van der Waals surface area (Å²) in [5, 5.41) is 3.36. The molecule has 5 nitrogen and oxygen atoms in total. The second-order valence-electron chi connectivity index (χ2n) is 6.86. The average molecular weight is 390 g/mol. The van der Waals surface area contributed by atoms with Gasteiger partial charge in [-0.2, -0.15) is 0 Å². The number of methoxy groups -OCH3 is 1. The van der Waals surface area contributed by atoms with Crippen molar-refractivity contribution in [2.45, 2.75) is 25.6 Å². The molecule has 0 aliphatic carbocycles. The first-order chi connectivity index (χ1) is 13.5. The maximum absolute atomic E-state index is 13.6. The molecule has 1 N–H and O–H groups in total. The number of halogens is 2. The largest absolute Gasteiger partial charge is 0.494 e. The minimum Gasteiger partial charge on any atom is -0.494 e. The van der Waals surface area contributed by atoms with Crippen LogP contribution in [0.2, 0.25) is 0 Å². The number of benzene rings is 2. The van der Waals surface area contributed by atoms with Crippen LogP contribution < -0.4 is 10.1 Å². The summed E-state index contributed by atoms with van der Waals surface area (Å²) in [5.41, 5.74) is 1.77. The average Bonchev–Trinajstić information content (AvgIpc) is 2.70. The number of amides is 1. The quantitative estimate of drug-likeness (QED) is 0.790. The molecule has 150 valence electrons. The van der Waals surface area contributed by atoms with Crippen molar-refractivity contribution >= 4 is 5.91 Å². The number of hydrogen-bond donors (Lipinski definition) is 1. The predicted molar refractivity (Wildman–Crippen MR) is 101 cm³/mol. The Bertz CT molecular complexity index is 814. The molecule has 0 saturated carbocycles. The third kappa shape index (κ3) is 5.05. The molecule has 1 amide bonds. The van der Waals surface area contributed by atoms with Gasteiger partial charge in [0.25, 0.3) is 0 Å². The monoisotopic (exact) mass is 390 g/mol. The van der Waals surface area contributed by atoms with Crippen molar-refractivity contribution in [3.05, 3.63) is 65.2 Å². The molecule has 1 saturated heterocycles. The number of carbonyl (C=O) groups excluding carboxylic acids is 1. The first kappa shape index (κ1) is 20.2. The van der Waals surface area contributed by atoms with Crippen LogP contribution in [0.25, 0.3) is 0 Å². The maximum Gasteiger partial charge on any atom is 0.248 e. The van der Waals surface area contributed by atoms with E-state index in [1.807, 2.05) is 6.92 Å². The van der Waals surface area contributed by atoms with Gasteiger partial charge in [-0.3, -0.25) is 4.79 Å². The van der Waals surface area contributed by atoms with Crippen LogP contribution in [0.15, 0.2) is 42.5 Å². The summed E-state index contributed by atoms with van der Waals surface area (Å²) in [6.07, 6.45) is -0.164. The van der Waals surface area contributed by atoms with Gasteiger partial charge in [-0.15, -0.1) is 0 Å². The highest BCUT2D eigenvalue weighted by molar-refractivity contribution is 5.78. The predicted octanol–water partition coefficient (Wildman–Crippen LogP) is 3.05. The van der Waals surface area contributed by atoms with E-state index in [0.717, 1.165) is 11.1 Å². The van der Waals surface area contributed by atoms with Gasteiger partial charge >= 0.3 is 0 Å². The summed E-state index contributed by atoms with van der Waals surface area (Å²) >= 11 is 0. The number of carbonyl (C=O) groups is 1. The van der Waals surface area contributed by atoms with E-state index in [9.17, 15) is 13.6 Å². The van der Waals surface area contributed by atoms with E-state index >= 15 is 0 Å². The van der Waals surface area contributed by atoms with Crippen LogP contribution in [0.1, 0.15) is 24.1 Å². The van der Waals surface area contributed by atoms with E-state index in [2.05, 4.69) is 5.32 Å². The van der Waals surface area contributed by atoms with Gasteiger partial charge in [0, 0.05) is 25.7 Å². The standard InChI is InChI=1S/C21H24F2N2O3/c1-14(16-5-8-19(23)20(9-16)27-2)24-10-18-12-25(21(26)13-28-18)11-15-3-6-17(22)7-4-15/h3-9,14,18,24H,10-13H2,1-2H3/t14-,18?/m1/s1. The number of nitrogens with one attached hydrogen (secondary N) is 1. The van der Waals surface area contributed by atoms with Gasteiger partial charge in [-0.25, -0.2) is 8.78 Å². The molecule has 2 aromatic carbocycles. The highest BCUT2D eigenvalue weighted by Crippen LogP contribution is 2.22. The number of nitrogens with zero attached hydrogens (tertiary/aromatic N) is 1. The fraction of sp³-hybridized carbons (Fsp3) is 0.381. The Morgan fingerprint density at radius 2 is 2.00 bits per heavy atom. The molecule has 1 unspecified atom stereocenters. The molecular weight excluding hydrogens is 366 g/mol. The van der Waals surface area contributed by atoms with Gasteiger partial charge < -0.3 is 19.7 Å². The van der Waals surface area contributed by atoms with E-state index in [1.54, 1.807) is 29.2 Å². The van der Waals surface area contributed by atoms with Crippen LogP contribution in [0.3, 0.4) is 0 Å². The van der Waals surface area contributed by atoms with Crippen molar-refractivity contribution in [2.24, 2.45) is 0 Å². The summed E-state index contributed by atoms with van der Waals surface area (Å²) in [6, 6.07) is 10.8. The van der Waals surface area contributed by atoms with E-state index in [1.165, 1.54) is 25.3 Å². The van der Waals surface area contributed by atoms with Crippen LogP contribution in [0.4, 0.5) is 8.78 Å². The summed E-state index contributed by atoms with van der Waals surface area (Å²) in [7, 11) is 1.43. The van der Waals surface area contributed by atoms with Gasteiger partial charge in [-0.1, -0.05) is 18.2 Å². The highest BCUT2D eigenvalue weighted by Gasteiger charge is 2.26. The molecule has 0 spiro atoms. The lowest BCUT2D eigenvalue weighted by atomic mass is 10.1. The topological polar surface area (TPSA) is 50.8 Å². The zero-order chi connectivity index (χ0) is 20.1. The van der Waals surface area contributed by atoms with Gasteiger partial charge in [0.05, 0.1) is 13.2 Å². The van der Waals surface area contributed by atoms with Crippen molar-refractivity contribution < 1.29 is 23.0 Å². The number of ether oxygens (including phenoxy) is 2. The zero-order valence-corrected chi connectivity index (χ0v) is 16.0. The Morgan fingerprint density at radius 1 is 1.25 bits per heavy atom. The van der Waals surface area contributed by atoms with Crippen LogP contribution in [0, 0.1) is 11.6 Å². The zero-order valence-electron chi connectivity index (χ0n) is 16.0. The van der Waals surface area contributed by atoms with E-state index in [0.29, 0.717) is 19.6 Å². The minimum atomic E-state index is -0.399. The summed E-state index contributed by atoms with van der Waals surface area (Å²) in [6.45, 7) is 3.39. The van der Waals surface area contributed by atoms with Gasteiger partial charge in [0.15, 0.2) is 11.6 Å². The summed E-state index contributed by atoms with van der Waals surface area (Å²) < 4.78 is 37.3. The Balaban J connectivity index is 1.55. The van der Waals surface area contributed by atoms with Crippen LogP contribution in [0.5, 0.6) is 5.75 Å². The Hall–Kier alpha value is -2.51. The molecule has 3 rings (SSSR count). The smallest absolute Gasteiger partial charge is 0.248 e. The van der Waals surface area contributed by atoms with Gasteiger partial charge in [0.2, 0.25) is 5.91 Å². The molecule has 2 atom stereocenters. The molecule has 2 aromatic rings. The Kier molecular flexibility index (Phi) is 6.59. The molecule has 1 aliphatic rings. The van der Waals surface area contributed by atoms with Crippen molar-refractivity contribution in [3.63, 3.8) is 0 Å². The Labute approximate surface area is 163 Å². The number of hydrogen-bond acceptors (Lipinski definition) is 4. The molecular formula is C21H24F2N2O3. The van der Waals surface area contributed by atoms with Crippen molar-refractivity contribution in [3.8, 4) is 5.75 Å². The third-order valence-electron chi connectivity index (χ3n) is 4.83. The molecule has 1 aliphatic heterocycles. The summed E-state index contributed by atoms with van der Waals surface area (Å²) in [4.78, 5) is 13.8. The second kappa shape index (κ2) is 9.12. The fourth-order valence-corrected chi connectivity index (χ4v) is 3.14. The molecule has 7 heteroatoms. The first-order valence-electron chi connectivity index (χ1n) is 9.17. The molecule has 0 aromatic heterocycles. The normalized spacial score (nSPS) is 18.2.